The lowest BCUT2D eigenvalue weighted by Gasteiger charge is -2.21. The van der Waals surface area contributed by atoms with Crippen LogP contribution in [0.3, 0.4) is 0 Å². The normalized spacial score (nSPS) is 12.9. The summed E-state index contributed by atoms with van der Waals surface area (Å²) in [5, 5.41) is 3.88. The molecule has 0 aromatic carbocycles. The molecule has 0 radical (unpaired) electrons. The van der Waals surface area contributed by atoms with Gasteiger partial charge in [0.2, 0.25) is 0 Å². The molecule has 0 heterocycles. The van der Waals surface area contributed by atoms with Crippen molar-refractivity contribution in [3.8, 4) is 0 Å². The number of nitrogens with zero attached hydrogens (tertiary/aromatic N) is 1. The molecule has 0 aliphatic rings. The second kappa shape index (κ2) is 4.16. The van der Waals surface area contributed by atoms with Crippen LogP contribution in [0, 0.1) is 5.41 Å². The van der Waals surface area contributed by atoms with E-state index in [1.165, 1.54) is 0 Å². The average Bonchev–Trinajstić information content (AvgIpc) is 2.00. The molecule has 2 nitrogen and oxygen atoms in total. The minimum Gasteiger partial charge on any atom is -0.399 e. The molecule has 0 aromatic heterocycles. The molecule has 0 N–H and O–H groups in total. The summed E-state index contributed by atoms with van der Waals surface area (Å²) in [6.07, 6.45) is 2.77. The summed E-state index contributed by atoms with van der Waals surface area (Å²) in [6, 6.07) is 0. The zero-order valence-corrected chi connectivity index (χ0v) is 7.85. The lowest BCUT2D eigenvalue weighted by molar-refractivity contribution is 0.208. The highest BCUT2D eigenvalue weighted by Crippen LogP contribution is 2.22. The van der Waals surface area contributed by atoms with Gasteiger partial charge in [-0.15, -0.1) is 0 Å². The van der Waals surface area contributed by atoms with Crippen LogP contribution in [0.25, 0.3) is 0 Å². The number of hydrogen-bond acceptors (Lipinski definition) is 2. The Kier molecular flexibility index (Phi) is 3.86. The number of rotatable bonds is 4. The Morgan fingerprint density at radius 2 is 2.18 bits per heavy atom. The molecular weight excluding hydrogens is 138 g/mol. The van der Waals surface area contributed by atoms with E-state index in [-0.39, 0.29) is 5.41 Å². The zero-order chi connectivity index (χ0) is 8.91. The molecule has 0 amide bonds. The first-order chi connectivity index (χ1) is 5.08. The maximum absolute atomic E-state index is 4.70. The Labute approximate surface area is 68.9 Å². The van der Waals surface area contributed by atoms with Gasteiger partial charge >= 0.3 is 0 Å². The Hall–Kier alpha value is -0.790. The second-order valence-electron chi connectivity index (χ2n) is 3.10. The Bertz CT molecular complexity index is 159. The lowest BCUT2D eigenvalue weighted by atomic mass is 9.85. The van der Waals surface area contributed by atoms with Crippen molar-refractivity contribution in [3.05, 3.63) is 12.7 Å². The van der Waals surface area contributed by atoms with Gasteiger partial charge in [0.15, 0.2) is 0 Å². The summed E-state index contributed by atoms with van der Waals surface area (Å²) < 4.78 is 0. The molecule has 0 atom stereocenters. The molecule has 0 saturated heterocycles. The van der Waals surface area contributed by atoms with Crippen molar-refractivity contribution in [1.29, 1.82) is 0 Å². The van der Waals surface area contributed by atoms with Gasteiger partial charge in [-0.05, 0) is 12.5 Å². The van der Waals surface area contributed by atoms with Crippen molar-refractivity contribution in [2.24, 2.45) is 10.6 Å². The van der Waals surface area contributed by atoms with E-state index in [9.17, 15) is 0 Å². The zero-order valence-electron chi connectivity index (χ0n) is 7.85. The van der Waals surface area contributed by atoms with E-state index in [1.54, 1.807) is 13.2 Å². The molecule has 0 fully saturated rings. The predicted molar refractivity (Wildman–Crippen MR) is 48.7 cm³/mol. The van der Waals surface area contributed by atoms with Crippen molar-refractivity contribution in [1.82, 2.24) is 0 Å². The van der Waals surface area contributed by atoms with Gasteiger partial charge in [0.25, 0.3) is 0 Å². The topological polar surface area (TPSA) is 21.6 Å². The van der Waals surface area contributed by atoms with Crippen LogP contribution in [0.1, 0.15) is 27.2 Å². The largest absolute Gasteiger partial charge is 0.399 e. The number of oxime groups is 1. The fourth-order valence-electron chi connectivity index (χ4n) is 0.717. The van der Waals surface area contributed by atoms with E-state index < -0.39 is 0 Å². The van der Waals surface area contributed by atoms with Crippen molar-refractivity contribution in [2.75, 3.05) is 7.11 Å². The van der Waals surface area contributed by atoms with E-state index in [4.69, 9.17) is 4.84 Å². The molecular formula is C9H17NO. The van der Waals surface area contributed by atoms with Crippen LogP contribution in [-0.2, 0) is 4.84 Å². The molecule has 0 spiro atoms. The van der Waals surface area contributed by atoms with Crippen molar-refractivity contribution in [3.63, 3.8) is 0 Å². The first-order valence-corrected chi connectivity index (χ1v) is 3.82. The van der Waals surface area contributed by atoms with Gasteiger partial charge in [-0.1, -0.05) is 32.5 Å². The monoisotopic (exact) mass is 155 g/mol. The molecule has 0 bridgehead atoms. The van der Waals surface area contributed by atoms with Crippen LogP contribution in [0.5, 0.6) is 0 Å². The molecule has 0 unspecified atom stereocenters. The van der Waals surface area contributed by atoms with Gasteiger partial charge in [0.05, 0.1) is 5.71 Å². The van der Waals surface area contributed by atoms with Gasteiger partial charge in [-0.3, -0.25) is 0 Å². The molecule has 0 aromatic rings. The molecule has 0 rings (SSSR count). The minimum absolute atomic E-state index is 0.0672. The molecule has 0 aliphatic heterocycles. The van der Waals surface area contributed by atoms with Gasteiger partial charge in [-0.2, -0.15) is 0 Å². The Morgan fingerprint density at radius 3 is 2.45 bits per heavy atom. The minimum atomic E-state index is 0.0672. The summed E-state index contributed by atoms with van der Waals surface area (Å²) in [4.78, 5) is 4.70. The molecule has 0 saturated carbocycles. The second-order valence-corrected chi connectivity index (χ2v) is 3.10. The van der Waals surface area contributed by atoms with Crippen molar-refractivity contribution in [2.45, 2.75) is 27.2 Å². The van der Waals surface area contributed by atoms with Crippen LogP contribution in [-0.4, -0.2) is 12.8 Å². The van der Waals surface area contributed by atoms with E-state index in [2.05, 4.69) is 32.5 Å². The Morgan fingerprint density at radius 1 is 1.64 bits per heavy atom. The van der Waals surface area contributed by atoms with Crippen LogP contribution >= 0.6 is 0 Å². The molecule has 64 valence electrons. The fraction of sp³-hybridized carbons (Fsp3) is 0.667. The van der Waals surface area contributed by atoms with Gasteiger partial charge in [0, 0.05) is 5.41 Å². The summed E-state index contributed by atoms with van der Waals surface area (Å²) >= 11 is 0. The molecule has 0 aliphatic carbocycles. The summed E-state index contributed by atoms with van der Waals surface area (Å²) in [5.74, 6) is 0. The van der Waals surface area contributed by atoms with Crippen molar-refractivity contribution < 1.29 is 4.84 Å². The van der Waals surface area contributed by atoms with Crippen LogP contribution in [0.2, 0.25) is 0 Å². The quantitative estimate of drug-likeness (QED) is 0.451. The smallest absolute Gasteiger partial charge is 0.106 e. The van der Waals surface area contributed by atoms with E-state index in [1.807, 2.05) is 0 Å². The molecule has 11 heavy (non-hydrogen) atoms. The highest BCUT2D eigenvalue weighted by Gasteiger charge is 2.20. The Balaban J connectivity index is 4.49. The number of allylic oxidation sites excluding steroid dienone is 1. The standard InChI is InChI=1S/C9H17NO/c1-6-8(10-11-5)9(3,4)7-2/h6H,1,7H2,2-5H3/b10-8+. The first kappa shape index (κ1) is 10.2. The third-order valence-electron chi connectivity index (χ3n) is 1.96. The lowest BCUT2D eigenvalue weighted by Crippen LogP contribution is -2.21. The third-order valence-corrected chi connectivity index (χ3v) is 1.96. The maximum Gasteiger partial charge on any atom is 0.106 e. The maximum atomic E-state index is 4.70. The average molecular weight is 155 g/mol. The number of hydrogen-bond donors (Lipinski definition) is 0. The highest BCUT2D eigenvalue weighted by atomic mass is 16.6. The predicted octanol–water partition coefficient (Wildman–Crippen LogP) is 2.61. The van der Waals surface area contributed by atoms with E-state index in [0.717, 1.165) is 12.1 Å². The fourth-order valence-corrected chi connectivity index (χ4v) is 0.717. The van der Waals surface area contributed by atoms with Crippen LogP contribution in [0.15, 0.2) is 17.8 Å². The van der Waals surface area contributed by atoms with E-state index >= 15 is 0 Å². The third kappa shape index (κ3) is 2.74. The first-order valence-electron chi connectivity index (χ1n) is 3.82. The van der Waals surface area contributed by atoms with Crippen molar-refractivity contribution >= 4 is 5.71 Å². The van der Waals surface area contributed by atoms with Gasteiger partial charge in [0.1, 0.15) is 7.11 Å². The summed E-state index contributed by atoms with van der Waals surface area (Å²) in [6.45, 7) is 10.0. The SMILES string of the molecule is C=C/C(=N\OC)C(C)(C)CC. The van der Waals surface area contributed by atoms with E-state index in [0.29, 0.717) is 0 Å². The summed E-state index contributed by atoms with van der Waals surface area (Å²) in [7, 11) is 1.55. The summed E-state index contributed by atoms with van der Waals surface area (Å²) in [5.41, 5.74) is 0.972. The highest BCUT2D eigenvalue weighted by molar-refractivity contribution is 5.98. The van der Waals surface area contributed by atoms with Crippen LogP contribution < -0.4 is 0 Å². The molecule has 2 heteroatoms. The van der Waals surface area contributed by atoms with Crippen LogP contribution in [0.4, 0.5) is 0 Å². The van der Waals surface area contributed by atoms with Gasteiger partial charge < -0.3 is 4.84 Å². The van der Waals surface area contributed by atoms with Gasteiger partial charge in [-0.25, -0.2) is 0 Å².